The normalized spacial score (nSPS) is 21.9. The van der Waals surface area contributed by atoms with Gasteiger partial charge in [0.05, 0.1) is 17.8 Å². The zero-order chi connectivity index (χ0) is 19.9. The quantitative estimate of drug-likeness (QED) is 0.737. The fourth-order valence-electron chi connectivity index (χ4n) is 3.15. The van der Waals surface area contributed by atoms with E-state index in [1.807, 2.05) is 43.3 Å². The molecule has 2 unspecified atom stereocenters. The number of aryl methyl sites for hydroxylation is 1. The van der Waals surface area contributed by atoms with E-state index in [4.69, 9.17) is 18.9 Å². The van der Waals surface area contributed by atoms with E-state index < -0.39 is 18.4 Å². The van der Waals surface area contributed by atoms with E-state index in [1.54, 1.807) is 12.1 Å². The highest BCUT2D eigenvalue weighted by atomic mass is 16.7. The van der Waals surface area contributed by atoms with E-state index in [1.165, 1.54) is 7.11 Å². The Hall–Kier alpha value is -2.41. The van der Waals surface area contributed by atoms with Gasteiger partial charge in [0.1, 0.15) is 19.0 Å². The Kier molecular flexibility index (Phi) is 7.03. The van der Waals surface area contributed by atoms with Crippen LogP contribution in [0.25, 0.3) is 0 Å². The molecular formula is C22H26O6. The summed E-state index contributed by atoms with van der Waals surface area (Å²) in [5.74, 6) is 0.268. The van der Waals surface area contributed by atoms with Crippen LogP contribution in [0.15, 0.2) is 48.5 Å². The lowest BCUT2D eigenvalue weighted by molar-refractivity contribution is -0.210. The monoisotopic (exact) mass is 386 g/mol. The fraction of sp³-hybridized carbons (Fsp3) is 0.409. The zero-order valence-electron chi connectivity index (χ0n) is 16.2. The fourth-order valence-corrected chi connectivity index (χ4v) is 3.15. The lowest BCUT2D eigenvalue weighted by Gasteiger charge is -2.31. The van der Waals surface area contributed by atoms with Crippen LogP contribution in [0.3, 0.4) is 0 Å². The highest BCUT2D eigenvalue weighted by Crippen LogP contribution is 2.22. The minimum Gasteiger partial charge on any atom is -0.489 e. The van der Waals surface area contributed by atoms with E-state index in [2.05, 4.69) is 0 Å². The Balaban J connectivity index is 1.53. The van der Waals surface area contributed by atoms with E-state index in [0.29, 0.717) is 30.8 Å². The molecule has 3 atom stereocenters. The summed E-state index contributed by atoms with van der Waals surface area (Å²) in [7, 11) is 1.52. The summed E-state index contributed by atoms with van der Waals surface area (Å²) in [5.41, 5.74) is 2.33. The highest BCUT2D eigenvalue weighted by molar-refractivity contribution is 5.91. The third kappa shape index (κ3) is 5.55. The number of hydrogen-bond donors (Lipinski definition) is 1. The van der Waals surface area contributed by atoms with Gasteiger partial charge >= 0.3 is 5.97 Å². The molecule has 0 spiro atoms. The number of benzene rings is 2. The van der Waals surface area contributed by atoms with Gasteiger partial charge in [0.25, 0.3) is 0 Å². The lowest BCUT2D eigenvalue weighted by Crippen LogP contribution is -2.39. The summed E-state index contributed by atoms with van der Waals surface area (Å²) in [6.07, 6.45) is -0.546. The first-order chi connectivity index (χ1) is 13.5. The second-order valence-electron chi connectivity index (χ2n) is 6.90. The molecule has 0 radical (unpaired) electrons. The Morgan fingerprint density at radius 2 is 1.96 bits per heavy atom. The molecule has 0 amide bonds. The van der Waals surface area contributed by atoms with Crippen LogP contribution in [0.2, 0.25) is 0 Å². The van der Waals surface area contributed by atoms with Crippen molar-refractivity contribution in [3.63, 3.8) is 0 Å². The largest absolute Gasteiger partial charge is 0.489 e. The molecule has 1 N–H and O–H groups in total. The van der Waals surface area contributed by atoms with Crippen molar-refractivity contribution in [1.82, 2.24) is 0 Å². The second kappa shape index (κ2) is 9.68. The summed E-state index contributed by atoms with van der Waals surface area (Å²) >= 11 is 0. The minimum atomic E-state index is -0.523. The first-order valence-corrected chi connectivity index (χ1v) is 9.36. The first-order valence-electron chi connectivity index (χ1n) is 9.36. The molecule has 6 nitrogen and oxygen atoms in total. The van der Waals surface area contributed by atoms with Gasteiger partial charge in [-0.1, -0.05) is 30.3 Å². The van der Waals surface area contributed by atoms with Crippen molar-refractivity contribution < 1.29 is 28.8 Å². The number of aliphatic hydroxyl groups is 1. The Morgan fingerprint density at radius 3 is 2.68 bits per heavy atom. The second-order valence-corrected chi connectivity index (χ2v) is 6.90. The minimum absolute atomic E-state index is 0.0709. The maximum Gasteiger partial charge on any atom is 0.338 e. The van der Waals surface area contributed by atoms with Crippen LogP contribution in [0.1, 0.15) is 34.3 Å². The van der Waals surface area contributed by atoms with Crippen LogP contribution < -0.4 is 4.74 Å². The average Bonchev–Trinajstić information content (AvgIpc) is 2.71. The molecule has 1 saturated heterocycles. The number of methoxy groups -OCH3 is 1. The van der Waals surface area contributed by atoms with Crippen molar-refractivity contribution in [2.75, 3.05) is 13.7 Å². The third-order valence-electron chi connectivity index (χ3n) is 4.67. The van der Waals surface area contributed by atoms with Crippen molar-refractivity contribution in [3.05, 3.63) is 65.2 Å². The van der Waals surface area contributed by atoms with E-state index in [-0.39, 0.29) is 12.7 Å². The van der Waals surface area contributed by atoms with Crippen LogP contribution in [-0.2, 0) is 20.8 Å². The summed E-state index contributed by atoms with van der Waals surface area (Å²) in [6.45, 7) is 2.38. The summed E-state index contributed by atoms with van der Waals surface area (Å²) < 4.78 is 21.9. The topological polar surface area (TPSA) is 74.2 Å². The number of hydrogen-bond acceptors (Lipinski definition) is 6. The van der Waals surface area contributed by atoms with Gasteiger partial charge < -0.3 is 24.1 Å². The smallest absolute Gasteiger partial charge is 0.338 e. The van der Waals surface area contributed by atoms with E-state index >= 15 is 0 Å². The average molecular weight is 386 g/mol. The summed E-state index contributed by atoms with van der Waals surface area (Å²) in [6, 6.07) is 15.2. The number of esters is 1. The first kappa shape index (κ1) is 20.3. The van der Waals surface area contributed by atoms with Gasteiger partial charge in [-0.2, -0.15) is 0 Å². The standard InChI is InChI=1S/C22H26O6/c1-15-10-18(26-13-16-6-4-3-5-7-16)8-9-20(15)22(24)27-14-19-11-17(23)12-21(25-2)28-19/h3-10,17,19,21,23H,11-14H2,1-2H3/t17?,19?,21-/m0/s1. The summed E-state index contributed by atoms with van der Waals surface area (Å²) in [5, 5.41) is 9.86. The maximum atomic E-state index is 12.4. The molecule has 28 heavy (non-hydrogen) atoms. The molecule has 150 valence electrons. The Bertz CT molecular complexity index is 776. The highest BCUT2D eigenvalue weighted by Gasteiger charge is 2.29. The molecular weight excluding hydrogens is 360 g/mol. The van der Waals surface area contributed by atoms with Crippen LogP contribution in [0, 0.1) is 6.92 Å². The molecule has 1 aliphatic rings. The lowest BCUT2D eigenvalue weighted by atomic mass is 10.1. The van der Waals surface area contributed by atoms with E-state index in [0.717, 1.165) is 11.1 Å². The molecule has 1 fully saturated rings. The molecule has 0 saturated carbocycles. The number of aliphatic hydroxyl groups excluding tert-OH is 1. The number of carbonyl (C=O) groups excluding carboxylic acids is 1. The van der Waals surface area contributed by atoms with Gasteiger partial charge in [-0.3, -0.25) is 0 Å². The van der Waals surface area contributed by atoms with Crippen LogP contribution in [-0.4, -0.2) is 43.3 Å². The van der Waals surface area contributed by atoms with Gasteiger partial charge in [-0.05, 0) is 36.2 Å². The molecule has 1 heterocycles. The van der Waals surface area contributed by atoms with Crippen molar-refractivity contribution in [2.24, 2.45) is 0 Å². The van der Waals surface area contributed by atoms with Crippen molar-refractivity contribution in [2.45, 2.75) is 44.9 Å². The van der Waals surface area contributed by atoms with Gasteiger partial charge in [-0.15, -0.1) is 0 Å². The summed E-state index contributed by atoms with van der Waals surface area (Å²) in [4.78, 5) is 12.4. The molecule has 0 aliphatic carbocycles. The van der Waals surface area contributed by atoms with Gasteiger partial charge in [-0.25, -0.2) is 4.79 Å². The molecule has 0 bridgehead atoms. The molecule has 3 rings (SSSR count). The molecule has 1 aliphatic heterocycles. The van der Waals surface area contributed by atoms with Crippen LogP contribution in [0.5, 0.6) is 5.75 Å². The number of rotatable bonds is 7. The van der Waals surface area contributed by atoms with Crippen LogP contribution >= 0.6 is 0 Å². The maximum absolute atomic E-state index is 12.4. The number of carbonyl (C=O) groups is 1. The van der Waals surface area contributed by atoms with Crippen molar-refractivity contribution in [1.29, 1.82) is 0 Å². The third-order valence-corrected chi connectivity index (χ3v) is 4.67. The Labute approximate surface area is 165 Å². The molecule has 6 heteroatoms. The van der Waals surface area contributed by atoms with Crippen molar-refractivity contribution in [3.8, 4) is 5.75 Å². The van der Waals surface area contributed by atoms with Crippen molar-refractivity contribution >= 4 is 5.97 Å². The molecule has 2 aromatic carbocycles. The molecule has 2 aromatic rings. The van der Waals surface area contributed by atoms with Gasteiger partial charge in [0.15, 0.2) is 6.29 Å². The Morgan fingerprint density at radius 1 is 1.18 bits per heavy atom. The molecule has 0 aromatic heterocycles. The van der Waals surface area contributed by atoms with Gasteiger partial charge in [0, 0.05) is 20.0 Å². The van der Waals surface area contributed by atoms with Crippen LogP contribution in [0.4, 0.5) is 0 Å². The SMILES string of the molecule is CO[C@@H]1CC(O)CC(COC(=O)c2ccc(OCc3ccccc3)cc2C)O1. The van der Waals surface area contributed by atoms with E-state index in [9.17, 15) is 9.90 Å². The zero-order valence-corrected chi connectivity index (χ0v) is 16.2. The number of ether oxygens (including phenoxy) is 4. The van der Waals surface area contributed by atoms with Gasteiger partial charge in [0.2, 0.25) is 0 Å². The predicted octanol–water partition coefficient (Wildman–Crippen LogP) is 3.24. The predicted molar refractivity (Wildman–Crippen MR) is 103 cm³/mol.